The zero-order valence-corrected chi connectivity index (χ0v) is 7.23. The molecule has 0 spiro atoms. The Labute approximate surface area is 62.6 Å². The second kappa shape index (κ2) is 1.95. The molecule has 10 heavy (non-hydrogen) atoms. The van der Waals surface area contributed by atoms with Gasteiger partial charge in [0.15, 0.2) is 0 Å². The maximum absolute atomic E-state index is 8.49. The highest BCUT2D eigenvalue weighted by Crippen LogP contribution is 2.67. The van der Waals surface area contributed by atoms with Gasteiger partial charge in [0.05, 0.1) is 0 Å². The van der Waals surface area contributed by atoms with Crippen molar-refractivity contribution >= 4 is 0 Å². The highest BCUT2D eigenvalue weighted by atomic mass is 16.5. The molecule has 0 aromatic carbocycles. The van der Waals surface area contributed by atoms with Crippen molar-refractivity contribution in [2.24, 2.45) is 16.7 Å². The summed E-state index contributed by atoms with van der Waals surface area (Å²) in [6.45, 7) is 9.70. The van der Waals surface area contributed by atoms with E-state index in [1.165, 1.54) is 0 Å². The summed E-state index contributed by atoms with van der Waals surface area (Å²) in [6.07, 6.45) is 0. The van der Waals surface area contributed by atoms with Crippen molar-refractivity contribution in [3.8, 4) is 0 Å². The van der Waals surface area contributed by atoms with E-state index >= 15 is 0 Å². The van der Waals surface area contributed by atoms with E-state index in [-0.39, 0.29) is 0 Å². The van der Waals surface area contributed by atoms with Gasteiger partial charge in [-0.2, -0.15) is 0 Å². The van der Waals surface area contributed by atoms with Crippen molar-refractivity contribution in [1.29, 1.82) is 0 Å². The third kappa shape index (κ3) is 0.789. The van der Waals surface area contributed by atoms with Gasteiger partial charge in [0.1, 0.15) is 0 Å². The topological polar surface area (TPSA) is 32.3 Å². The minimum Gasteiger partial charge on any atom is -0.317 e. The summed E-state index contributed by atoms with van der Waals surface area (Å²) in [6, 6.07) is 0. The molecule has 60 valence electrons. The third-order valence-corrected chi connectivity index (χ3v) is 3.62. The van der Waals surface area contributed by atoms with E-state index in [4.69, 9.17) is 5.21 Å². The third-order valence-electron chi connectivity index (χ3n) is 3.62. The summed E-state index contributed by atoms with van der Waals surface area (Å²) in [5.41, 5.74) is 3.02. The van der Waals surface area contributed by atoms with Gasteiger partial charge in [-0.3, -0.25) is 0 Å². The number of nitrogens with one attached hydrogen (secondary N) is 1. The molecule has 0 bridgehead atoms. The number of rotatable bonds is 2. The Bertz CT molecular complexity index is 126. The standard InChI is InChI=1S/C8H17NO/c1-7(2)6(5-9-10)8(7,3)4/h6,9-10H,5H2,1-4H3. The van der Waals surface area contributed by atoms with Gasteiger partial charge >= 0.3 is 0 Å². The Hall–Kier alpha value is -0.0800. The normalized spacial score (nSPS) is 28.5. The Morgan fingerprint density at radius 3 is 1.70 bits per heavy atom. The molecule has 0 unspecified atom stereocenters. The van der Waals surface area contributed by atoms with Crippen LogP contribution in [0.3, 0.4) is 0 Å². The van der Waals surface area contributed by atoms with Gasteiger partial charge in [0, 0.05) is 6.54 Å². The zero-order chi connectivity index (χ0) is 7.99. The second-order valence-electron chi connectivity index (χ2n) is 4.36. The van der Waals surface area contributed by atoms with Crippen LogP contribution < -0.4 is 5.48 Å². The van der Waals surface area contributed by atoms with E-state index in [1.54, 1.807) is 0 Å². The Balaban J connectivity index is 2.54. The van der Waals surface area contributed by atoms with Crippen LogP contribution in [-0.2, 0) is 0 Å². The molecule has 1 aliphatic carbocycles. The average molecular weight is 143 g/mol. The van der Waals surface area contributed by atoms with Gasteiger partial charge in [-0.1, -0.05) is 27.7 Å². The van der Waals surface area contributed by atoms with E-state index < -0.39 is 0 Å². The minimum absolute atomic E-state index is 0.392. The van der Waals surface area contributed by atoms with E-state index in [0.29, 0.717) is 16.7 Å². The van der Waals surface area contributed by atoms with Gasteiger partial charge in [0.2, 0.25) is 0 Å². The van der Waals surface area contributed by atoms with Crippen LogP contribution in [0.25, 0.3) is 0 Å². The molecule has 0 amide bonds. The number of hydrogen-bond donors (Lipinski definition) is 2. The first-order valence-electron chi connectivity index (χ1n) is 3.81. The molecule has 0 saturated heterocycles. The summed E-state index contributed by atoms with van der Waals surface area (Å²) in [4.78, 5) is 0. The highest BCUT2D eigenvalue weighted by Gasteiger charge is 2.63. The van der Waals surface area contributed by atoms with Crippen LogP contribution in [-0.4, -0.2) is 11.8 Å². The lowest BCUT2D eigenvalue weighted by molar-refractivity contribution is 0.155. The van der Waals surface area contributed by atoms with E-state index in [9.17, 15) is 0 Å². The molecule has 0 heterocycles. The minimum atomic E-state index is 0.392. The fraction of sp³-hybridized carbons (Fsp3) is 1.00. The summed E-state index contributed by atoms with van der Waals surface area (Å²) in [5, 5.41) is 8.49. The number of hydroxylamine groups is 1. The fourth-order valence-electron chi connectivity index (χ4n) is 1.93. The van der Waals surface area contributed by atoms with Gasteiger partial charge < -0.3 is 5.21 Å². The molecule has 2 N–H and O–H groups in total. The van der Waals surface area contributed by atoms with Gasteiger partial charge in [-0.25, -0.2) is 5.48 Å². The van der Waals surface area contributed by atoms with Crippen molar-refractivity contribution in [1.82, 2.24) is 5.48 Å². The van der Waals surface area contributed by atoms with Crippen molar-refractivity contribution in [3.63, 3.8) is 0 Å². The lowest BCUT2D eigenvalue weighted by Crippen LogP contribution is -2.13. The summed E-state index contributed by atoms with van der Waals surface area (Å²) < 4.78 is 0. The molecule has 0 atom stereocenters. The Morgan fingerprint density at radius 1 is 1.20 bits per heavy atom. The van der Waals surface area contributed by atoms with Crippen LogP contribution in [0.5, 0.6) is 0 Å². The summed E-state index contributed by atoms with van der Waals surface area (Å²) in [7, 11) is 0. The second-order valence-corrected chi connectivity index (χ2v) is 4.36. The number of hydrogen-bond acceptors (Lipinski definition) is 2. The van der Waals surface area contributed by atoms with Crippen LogP contribution in [0.2, 0.25) is 0 Å². The molecular weight excluding hydrogens is 126 g/mol. The maximum Gasteiger partial charge on any atom is 0.0246 e. The lowest BCUT2D eigenvalue weighted by atomic mass is 10.0. The molecule has 0 aromatic heterocycles. The smallest absolute Gasteiger partial charge is 0.0246 e. The van der Waals surface area contributed by atoms with Gasteiger partial charge in [0.25, 0.3) is 0 Å². The quantitative estimate of drug-likeness (QED) is 0.576. The van der Waals surface area contributed by atoms with E-state index in [0.717, 1.165) is 6.54 Å². The van der Waals surface area contributed by atoms with Crippen LogP contribution >= 0.6 is 0 Å². The maximum atomic E-state index is 8.49. The zero-order valence-electron chi connectivity index (χ0n) is 7.23. The molecule has 0 aromatic rings. The van der Waals surface area contributed by atoms with Crippen LogP contribution in [0, 0.1) is 16.7 Å². The molecule has 2 nitrogen and oxygen atoms in total. The molecule has 0 radical (unpaired) electrons. The largest absolute Gasteiger partial charge is 0.317 e. The van der Waals surface area contributed by atoms with Crippen LogP contribution in [0.1, 0.15) is 27.7 Å². The monoisotopic (exact) mass is 143 g/mol. The predicted octanol–water partition coefficient (Wildman–Crippen LogP) is 1.65. The van der Waals surface area contributed by atoms with E-state index in [1.807, 2.05) is 0 Å². The lowest BCUT2D eigenvalue weighted by Gasteiger charge is -2.04. The summed E-state index contributed by atoms with van der Waals surface area (Å²) in [5.74, 6) is 0.616. The van der Waals surface area contributed by atoms with Crippen molar-refractivity contribution < 1.29 is 5.21 Å². The fourth-order valence-corrected chi connectivity index (χ4v) is 1.93. The first kappa shape index (κ1) is 8.02. The van der Waals surface area contributed by atoms with Crippen molar-refractivity contribution in [2.75, 3.05) is 6.54 Å². The van der Waals surface area contributed by atoms with Crippen LogP contribution in [0.15, 0.2) is 0 Å². The SMILES string of the molecule is CC1(C)C(CNO)C1(C)C. The van der Waals surface area contributed by atoms with Crippen molar-refractivity contribution in [2.45, 2.75) is 27.7 Å². The van der Waals surface area contributed by atoms with Gasteiger partial charge in [-0.05, 0) is 16.7 Å². The average Bonchev–Trinajstić information content (AvgIpc) is 2.13. The molecule has 1 aliphatic rings. The van der Waals surface area contributed by atoms with Crippen LogP contribution in [0.4, 0.5) is 0 Å². The van der Waals surface area contributed by atoms with Crippen molar-refractivity contribution in [3.05, 3.63) is 0 Å². The molecule has 0 aliphatic heterocycles. The van der Waals surface area contributed by atoms with E-state index in [2.05, 4.69) is 33.2 Å². The Kier molecular flexibility index (Phi) is 1.57. The molecule has 1 rings (SSSR count). The molecule has 1 fully saturated rings. The molecular formula is C8H17NO. The molecule has 1 saturated carbocycles. The first-order chi connectivity index (χ1) is 4.44. The highest BCUT2D eigenvalue weighted by molar-refractivity contribution is 5.12. The summed E-state index contributed by atoms with van der Waals surface area (Å²) >= 11 is 0. The predicted molar refractivity (Wildman–Crippen MR) is 40.8 cm³/mol. The molecule has 2 heteroatoms. The Morgan fingerprint density at radius 2 is 1.60 bits per heavy atom. The van der Waals surface area contributed by atoms with Gasteiger partial charge in [-0.15, -0.1) is 0 Å². The first-order valence-corrected chi connectivity index (χ1v) is 3.81.